The van der Waals surface area contributed by atoms with Crippen molar-refractivity contribution in [2.75, 3.05) is 15.9 Å². The average Bonchev–Trinajstić information content (AvgIpc) is 2.44. The van der Waals surface area contributed by atoms with Gasteiger partial charge in [-0.15, -0.1) is 0 Å². The maximum absolute atomic E-state index is 12.6. The Labute approximate surface area is 149 Å². The van der Waals surface area contributed by atoms with Gasteiger partial charge in [-0.2, -0.15) is 0 Å². The van der Waals surface area contributed by atoms with E-state index in [1.54, 1.807) is 25.1 Å². The molecule has 5 nitrogen and oxygen atoms in total. The van der Waals surface area contributed by atoms with Gasteiger partial charge in [-0.25, -0.2) is 8.42 Å². The molecule has 25 heavy (non-hydrogen) atoms. The van der Waals surface area contributed by atoms with Crippen LogP contribution in [0.2, 0.25) is 0 Å². The smallest absolute Gasteiger partial charge is 0.247 e. The van der Waals surface area contributed by atoms with Crippen LogP contribution in [0, 0.1) is 20.8 Å². The number of hydrogen-bond acceptors (Lipinski definition) is 3. The third kappa shape index (κ3) is 4.82. The van der Waals surface area contributed by atoms with Crippen LogP contribution in [-0.4, -0.2) is 26.6 Å². The van der Waals surface area contributed by atoms with Gasteiger partial charge in [0.2, 0.25) is 15.9 Å². The summed E-state index contributed by atoms with van der Waals surface area (Å²) < 4.78 is 25.9. The van der Waals surface area contributed by atoms with E-state index in [0.717, 1.165) is 27.3 Å². The number of nitrogens with one attached hydrogen (secondary N) is 1. The summed E-state index contributed by atoms with van der Waals surface area (Å²) >= 11 is 0. The van der Waals surface area contributed by atoms with Crippen molar-refractivity contribution < 1.29 is 13.2 Å². The van der Waals surface area contributed by atoms with Gasteiger partial charge in [0.15, 0.2) is 0 Å². The Kier molecular flexibility index (Phi) is 5.52. The average molecular weight is 360 g/mol. The number of hydrogen-bond donors (Lipinski definition) is 1. The third-order valence-electron chi connectivity index (χ3n) is 3.84. The molecule has 0 spiro atoms. The summed E-state index contributed by atoms with van der Waals surface area (Å²) in [4.78, 5) is 12.6. The van der Waals surface area contributed by atoms with E-state index in [9.17, 15) is 13.2 Å². The molecular weight excluding hydrogens is 336 g/mol. The maximum atomic E-state index is 12.6. The Bertz CT molecular complexity index is 871. The predicted octanol–water partition coefficient (Wildman–Crippen LogP) is 3.41. The van der Waals surface area contributed by atoms with Crippen LogP contribution < -0.4 is 9.62 Å². The lowest BCUT2D eigenvalue weighted by Gasteiger charge is -2.28. The highest BCUT2D eigenvalue weighted by atomic mass is 32.2. The molecule has 0 radical (unpaired) electrons. The van der Waals surface area contributed by atoms with Crippen molar-refractivity contribution in [1.29, 1.82) is 0 Å². The third-order valence-corrected chi connectivity index (χ3v) is 5.08. The number of aryl methyl sites for hydroxylation is 3. The normalized spacial score (nSPS) is 12.5. The summed E-state index contributed by atoms with van der Waals surface area (Å²) in [6, 6.07) is 12.0. The molecule has 0 aliphatic carbocycles. The van der Waals surface area contributed by atoms with Crippen LogP contribution in [0.25, 0.3) is 0 Å². The SMILES string of the molecule is Cc1cccc(NC(=O)[C@H](C)N(c2cc(C)cc(C)c2)S(C)(=O)=O)c1. The van der Waals surface area contributed by atoms with Gasteiger partial charge < -0.3 is 5.32 Å². The lowest BCUT2D eigenvalue weighted by molar-refractivity contribution is -0.116. The van der Waals surface area contributed by atoms with Gasteiger partial charge in [0.25, 0.3) is 0 Å². The first kappa shape index (κ1) is 19.0. The standard InChI is InChI=1S/C19H24N2O3S/c1-13-7-6-8-17(10-13)20-19(22)16(4)21(25(5,23)24)18-11-14(2)9-15(3)12-18/h6-12,16H,1-5H3,(H,20,22)/t16-/m0/s1. The topological polar surface area (TPSA) is 66.5 Å². The van der Waals surface area contributed by atoms with Crippen molar-refractivity contribution >= 4 is 27.3 Å². The molecule has 134 valence electrons. The van der Waals surface area contributed by atoms with E-state index in [1.165, 1.54) is 0 Å². The molecule has 6 heteroatoms. The van der Waals surface area contributed by atoms with Gasteiger partial charge in [0.1, 0.15) is 6.04 Å². The summed E-state index contributed by atoms with van der Waals surface area (Å²) in [6.45, 7) is 7.31. The Morgan fingerprint density at radius 3 is 2.12 bits per heavy atom. The van der Waals surface area contributed by atoms with Gasteiger partial charge in [-0.3, -0.25) is 9.10 Å². The summed E-state index contributed by atoms with van der Waals surface area (Å²) in [5.41, 5.74) is 4.03. The highest BCUT2D eigenvalue weighted by Gasteiger charge is 2.29. The Morgan fingerprint density at radius 1 is 1.00 bits per heavy atom. The summed E-state index contributed by atoms with van der Waals surface area (Å²) in [5, 5.41) is 2.79. The summed E-state index contributed by atoms with van der Waals surface area (Å²) in [6.07, 6.45) is 1.11. The minimum absolute atomic E-state index is 0.379. The van der Waals surface area contributed by atoms with Crippen LogP contribution >= 0.6 is 0 Å². The second-order valence-electron chi connectivity index (χ2n) is 6.44. The van der Waals surface area contributed by atoms with E-state index >= 15 is 0 Å². The zero-order valence-corrected chi connectivity index (χ0v) is 16.0. The number of anilines is 2. The Balaban J connectivity index is 2.36. The number of rotatable bonds is 5. The van der Waals surface area contributed by atoms with E-state index in [0.29, 0.717) is 11.4 Å². The number of amides is 1. The molecule has 0 aromatic heterocycles. The lowest BCUT2D eigenvalue weighted by Crippen LogP contribution is -2.45. The first-order valence-corrected chi connectivity index (χ1v) is 9.88. The van der Waals surface area contributed by atoms with Crippen molar-refractivity contribution in [1.82, 2.24) is 0 Å². The van der Waals surface area contributed by atoms with Crippen LogP contribution in [-0.2, 0) is 14.8 Å². The Hall–Kier alpha value is -2.34. The number of sulfonamides is 1. The molecule has 0 saturated heterocycles. The first-order valence-electron chi connectivity index (χ1n) is 8.03. The predicted molar refractivity (Wildman–Crippen MR) is 103 cm³/mol. The first-order chi connectivity index (χ1) is 11.6. The molecule has 0 aliphatic rings. The fourth-order valence-corrected chi connectivity index (χ4v) is 4.01. The van der Waals surface area contributed by atoms with Crippen molar-refractivity contribution in [3.63, 3.8) is 0 Å². The summed E-state index contributed by atoms with van der Waals surface area (Å²) in [7, 11) is -3.62. The lowest BCUT2D eigenvalue weighted by atomic mass is 10.1. The molecule has 0 bridgehead atoms. The zero-order valence-electron chi connectivity index (χ0n) is 15.2. The largest absolute Gasteiger partial charge is 0.324 e. The number of carbonyl (C=O) groups excluding carboxylic acids is 1. The van der Waals surface area contributed by atoms with E-state index in [-0.39, 0.29) is 5.91 Å². The van der Waals surface area contributed by atoms with Gasteiger partial charge in [-0.1, -0.05) is 18.2 Å². The van der Waals surface area contributed by atoms with Crippen LogP contribution in [0.4, 0.5) is 11.4 Å². The van der Waals surface area contributed by atoms with Gasteiger partial charge in [0.05, 0.1) is 11.9 Å². The fourth-order valence-electron chi connectivity index (χ4n) is 2.86. The molecule has 1 N–H and O–H groups in total. The van der Waals surface area contributed by atoms with E-state index < -0.39 is 16.1 Å². The fraction of sp³-hybridized carbons (Fsp3) is 0.316. The number of nitrogens with zero attached hydrogens (tertiary/aromatic N) is 1. The number of benzene rings is 2. The second kappa shape index (κ2) is 7.27. The molecule has 2 aromatic rings. The molecule has 0 saturated carbocycles. The molecule has 2 aromatic carbocycles. The van der Waals surface area contributed by atoms with Gasteiger partial charge >= 0.3 is 0 Å². The maximum Gasteiger partial charge on any atom is 0.247 e. The molecule has 0 unspecified atom stereocenters. The van der Waals surface area contributed by atoms with Gasteiger partial charge in [0, 0.05) is 5.69 Å². The van der Waals surface area contributed by atoms with E-state index in [2.05, 4.69) is 5.32 Å². The zero-order chi connectivity index (χ0) is 18.8. The molecular formula is C19H24N2O3S. The summed E-state index contributed by atoms with van der Waals surface area (Å²) in [5.74, 6) is -0.379. The van der Waals surface area contributed by atoms with Crippen LogP contribution in [0.15, 0.2) is 42.5 Å². The number of carbonyl (C=O) groups is 1. The molecule has 0 fully saturated rings. The van der Waals surface area contributed by atoms with Crippen molar-refractivity contribution in [2.24, 2.45) is 0 Å². The minimum Gasteiger partial charge on any atom is -0.324 e. The van der Waals surface area contributed by atoms with Crippen molar-refractivity contribution in [2.45, 2.75) is 33.7 Å². The highest BCUT2D eigenvalue weighted by molar-refractivity contribution is 7.92. The minimum atomic E-state index is -3.62. The molecule has 0 heterocycles. The Morgan fingerprint density at radius 2 is 1.60 bits per heavy atom. The van der Waals surface area contributed by atoms with Crippen molar-refractivity contribution in [3.8, 4) is 0 Å². The van der Waals surface area contributed by atoms with Crippen molar-refractivity contribution in [3.05, 3.63) is 59.2 Å². The second-order valence-corrected chi connectivity index (χ2v) is 8.30. The van der Waals surface area contributed by atoms with E-state index in [1.807, 2.05) is 45.0 Å². The molecule has 2 rings (SSSR count). The van der Waals surface area contributed by atoms with E-state index in [4.69, 9.17) is 0 Å². The van der Waals surface area contributed by atoms with Gasteiger partial charge in [-0.05, 0) is 68.7 Å². The quantitative estimate of drug-likeness (QED) is 0.888. The van der Waals surface area contributed by atoms with Crippen LogP contribution in [0.5, 0.6) is 0 Å². The molecule has 0 aliphatic heterocycles. The molecule has 1 atom stereocenters. The molecule has 1 amide bonds. The van der Waals surface area contributed by atoms with Crippen LogP contribution in [0.3, 0.4) is 0 Å². The highest BCUT2D eigenvalue weighted by Crippen LogP contribution is 2.24. The van der Waals surface area contributed by atoms with Crippen LogP contribution in [0.1, 0.15) is 23.6 Å². The monoisotopic (exact) mass is 360 g/mol.